The normalized spacial score (nSPS) is 17.1. The number of nitrogens with zero attached hydrogens (tertiary/aromatic N) is 1. The largest absolute Gasteiger partial charge is 0.377 e. The molecule has 1 aromatic rings. The van der Waals surface area contributed by atoms with Gasteiger partial charge in [-0.05, 0) is 31.9 Å². The lowest BCUT2D eigenvalue weighted by Crippen LogP contribution is -2.40. The lowest BCUT2D eigenvalue weighted by atomic mass is 10.1. The maximum atomic E-state index is 12.2. The summed E-state index contributed by atoms with van der Waals surface area (Å²) in [5, 5.41) is 0. The Balaban J connectivity index is 1.84. The molecule has 1 amide bonds. The van der Waals surface area contributed by atoms with Gasteiger partial charge in [-0.2, -0.15) is 0 Å². The number of thiophene rings is 1. The first-order valence-corrected chi connectivity index (χ1v) is 7.59. The first kappa shape index (κ1) is 13.8. The molecule has 1 saturated heterocycles. The highest BCUT2D eigenvalue weighted by atomic mass is 35.5. The van der Waals surface area contributed by atoms with Crippen LogP contribution >= 0.6 is 22.9 Å². The van der Waals surface area contributed by atoms with Gasteiger partial charge >= 0.3 is 0 Å². The summed E-state index contributed by atoms with van der Waals surface area (Å²) < 4.78 is 5.60. The van der Waals surface area contributed by atoms with E-state index in [9.17, 15) is 4.79 Å². The number of halogens is 1. The number of ether oxygens (including phenoxy) is 1. The quantitative estimate of drug-likeness (QED) is 0.797. The summed E-state index contributed by atoms with van der Waals surface area (Å²) in [4.78, 5) is 16.2. The van der Waals surface area contributed by atoms with E-state index in [-0.39, 0.29) is 12.0 Å². The second-order valence-corrected chi connectivity index (χ2v) is 6.13. The molecule has 18 heavy (non-hydrogen) atoms. The van der Waals surface area contributed by atoms with E-state index in [0.717, 1.165) is 30.8 Å². The first-order valence-electron chi connectivity index (χ1n) is 6.24. The predicted octanol–water partition coefficient (Wildman–Crippen LogP) is 2.92. The summed E-state index contributed by atoms with van der Waals surface area (Å²) in [5.41, 5.74) is 0. The molecule has 1 aromatic heterocycles. The van der Waals surface area contributed by atoms with Crippen molar-refractivity contribution in [3.63, 3.8) is 0 Å². The number of alkyl halides is 1. The van der Waals surface area contributed by atoms with Gasteiger partial charge in [-0.3, -0.25) is 4.79 Å². The van der Waals surface area contributed by atoms with E-state index in [1.165, 1.54) is 4.88 Å². The summed E-state index contributed by atoms with van der Waals surface area (Å²) in [6, 6.07) is 3.91. The van der Waals surface area contributed by atoms with Crippen molar-refractivity contribution < 1.29 is 9.53 Å². The molecule has 0 bridgehead atoms. The number of likely N-dealkylation sites (tertiary alicyclic amines) is 1. The fourth-order valence-electron chi connectivity index (χ4n) is 2.14. The van der Waals surface area contributed by atoms with Gasteiger partial charge in [0.25, 0.3) is 5.91 Å². The van der Waals surface area contributed by atoms with Crippen LogP contribution in [0.1, 0.15) is 27.4 Å². The van der Waals surface area contributed by atoms with Crippen LogP contribution in [-0.2, 0) is 4.74 Å². The number of amides is 1. The third-order valence-corrected chi connectivity index (χ3v) is 4.25. The molecule has 1 aliphatic heterocycles. The van der Waals surface area contributed by atoms with Crippen molar-refractivity contribution >= 4 is 28.8 Å². The van der Waals surface area contributed by atoms with E-state index in [4.69, 9.17) is 16.3 Å². The van der Waals surface area contributed by atoms with Gasteiger partial charge in [-0.1, -0.05) is 0 Å². The van der Waals surface area contributed by atoms with Crippen LogP contribution in [0.4, 0.5) is 0 Å². The van der Waals surface area contributed by atoms with Crippen LogP contribution in [0.25, 0.3) is 0 Å². The maximum absolute atomic E-state index is 12.2. The molecule has 0 aliphatic carbocycles. The Labute approximate surface area is 117 Å². The molecular weight excluding hydrogens is 270 g/mol. The summed E-state index contributed by atoms with van der Waals surface area (Å²) in [7, 11) is 0. The summed E-state index contributed by atoms with van der Waals surface area (Å²) in [6.45, 7) is 4.18. The van der Waals surface area contributed by atoms with E-state index in [2.05, 4.69) is 0 Å². The number of carbonyl (C=O) groups is 1. The third kappa shape index (κ3) is 3.46. The molecule has 3 nitrogen and oxygen atoms in total. The average Bonchev–Trinajstić information content (AvgIpc) is 2.83. The van der Waals surface area contributed by atoms with Gasteiger partial charge in [0.2, 0.25) is 0 Å². The van der Waals surface area contributed by atoms with E-state index in [0.29, 0.717) is 12.5 Å². The third-order valence-electron chi connectivity index (χ3n) is 3.11. The van der Waals surface area contributed by atoms with Crippen molar-refractivity contribution in [3.8, 4) is 0 Å². The fraction of sp³-hybridized carbons (Fsp3) is 0.615. The number of hydrogen-bond donors (Lipinski definition) is 0. The highest BCUT2D eigenvalue weighted by Gasteiger charge is 2.24. The van der Waals surface area contributed by atoms with Crippen molar-refractivity contribution in [3.05, 3.63) is 21.9 Å². The van der Waals surface area contributed by atoms with Crippen LogP contribution in [0.2, 0.25) is 0 Å². The van der Waals surface area contributed by atoms with Gasteiger partial charge in [0.05, 0.1) is 17.6 Å². The first-order chi connectivity index (χ1) is 8.70. The van der Waals surface area contributed by atoms with Gasteiger partial charge < -0.3 is 9.64 Å². The van der Waals surface area contributed by atoms with Crippen molar-refractivity contribution in [1.29, 1.82) is 0 Å². The van der Waals surface area contributed by atoms with E-state index in [1.807, 2.05) is 24.0 Å². The Hall–Kier alpha value is -0.580. The maximum Gasteiger partial charge on any atom is 0.263 e. The zero-order chi connectivity index (χ0) is 13.0. The Kier molecular flexibility index (Phi) is 5.03. The van der Waals surface area contributed by atoms with E-state index >= 15 is 0 Å². The van der Waals surface area contributed by atoms with E-state index in [1.54, 1.807) is 11.3 Å². The van der Waals surface area contributed by atoms with Crippen molar-refractivity contribution in [2.75, 3.05) is 25.6 Å². The Morgan fingerprint density at radius 3 is 2.78 bits per heavy atom. The van der Waals surface area contributed by atoms with Crippen LogP contribution in [0.15, 0.2) is 12.1 Å². The molecule has 0 aromatic carbocycles. The molecule has 0 atom stereocenters. The van der Waals surface area contributed by atoms with Crippen LogP contribution in [0.5, 0.6) is 0 Å². The highest BCUT2D eigenvalue weighted by molar-refractivity contribution is 7.13. The number of aryl methyl sites for hydroxylation is 1. The number of carbonyl (C=O) groups excluding carboxylic acids is 1. The molecule has 100 valence electrons. The fourth-order valence-corrected chi connectivity index (χ4v) is 3.07. The topological polar surface area (TPSA) is 29.5 Å². The number of piperidine rings is 1. The molecule has 2 rings (SSSR count). The van der Waals surface area contributed by atoms with E-state index < -0.39 is 0 Å². The molecule has 0 spiro atoms. The van der Waals surface area contributed by atoms with Gasteiger partial charge in [0.1, 0.15) is 0 Å². The number of rotatable bonds is 4. The number of hydrogen-bond acceptors (Lipinski definition) is 3. The Bertz CT molecular complexity index is 399. The minimum absolute atomic E-state index is 0.156. The standard InChI is InChI=1S/C13H18ClNO2S/c1-10-2-3-12(18-10)13(16)15-7-4-11(5-8-15)17-9-6-14/h2-3,11H,4-9H2,1H3. The SMILES string of the molecule is Cc1ccc(C(=O)N2CCC(OCCCl)CC2)s1. The van der Waals surface area contributed by atoms with Gasteiger partial charge in [-0.25, -0.2) is 0 Å². The molecular formula is C13H18ClNO2S. The molecule has 2 heterocycles. The molecule has 0 radical (unpaired) electrons. The average molecular weight is 288 g/mol. The Morgan fingerprint density at radius 2 is 2.22 bits per heavy atom. The minimum Gasteiger partial charge on any atom is -0.377 e. The summed E-state index contributed by atoms with van der Waals surface area (Å²) in [5.74, 6) is 0.692. The molecule has 1 fully saturated rings. The second kappa shape index (κ2) is 6.55. The monoisotopic (exact) mass is 287 g/mol. The molecule has 0 unspecified atom stereocenters. The van der Waals surface area contributed by atoms with Gasteiger partial charge in [0.15, 0.2) is 0 Å². The molecule has 0 N–H and O–H groups in total. The van der Waals surface area contributed by atoms with Crippen molar-refractivity contribution in [2.24, 2.45) is 0 Å². The Morgan fingerprint density at radius 1 is 1.50 bits per heavy atom. The zero-order valence-electron chi connectivity index (χ0n) is 10.5. The van der Waals surface area contributed by atoms with Crippen LogP contribution in [0.3, 0.4) is 0 Å². The van der Waals surface area contributed by atoms with Crippen LogP contribution in [-0.4, -0.2) is 42.5 Å². The van der Waals surface area contributed by atoms with Crippen molar-refractivity contribution in [2.45, 2.75) is 25.9 Å². The summed E-state index contributed by atoms with van der Waals surface area (Å²) >= 11 is 7.16. The van der Waals surface area contributed by atoms with Gasteiger partial charge in [0, 0.05) is 23.8 Å². The zero-order valence-corrected chi connectivity index (χ0v) is 12.1. The predicted molar refractivity (Wildman–Crippen MR) is 74.7 cm³/mol. The van der Waals surface area contributed by atoms with Gasteiger partial charge in [-0.15, -0.1) is 22.9 Å². The molecule has 5 heteroatoms. The van der Waals surface area contributed by atoms with Crippen LogP contribution < -0.4 is 0 Å². The minimum atomic E-state index is 0.156. The molecule has 1 aliphatic rings. The van der Waals surface area contributed by atoms with Crippen LogP contribution in [0, 0.1) is 6.92 Å². The van der Waals surface area contributed by atoms with Crippen molar-refractivity contribution in [1.82, 2.24) is 4.90 Å². The molecule has 0 saturated carbocycles. The second-order valence-electron chi connectivity index (χ2n) is 4.46. The highest BCUT2D eigenvalue weighted by Crippen LogP contribution is 2.20. The smallest absolute Gasteiger partial charge is 0.263 e. The lowest BCUT2D eigenvalue weighted by molar-refractivity contribution is 0.0155. The lowest BCUT2D eigenvalue weighted by Gasteiger charge is -2.31. The summed E-state index contributed by atoms with van der Waals surface area (Å²) in [6.07, 6.45) is 2.08.